The minimum absolute atomic E-state index is 0.0146. The van der Waals surface area contributed by atoms with Crippen molar-refractivity contribution in [2.75, 3.05) is 53.6 Å². The number of piperazine rings is 1. The zero-order valence-corrected chi connectivity index (χ0v) is 16.5. The van der Waals surface area contributed by atoms with Gasteiger partial charge in [0.25, 0.3) is 0 Å². The Morgan fingerprint density at radius 2 is 1.89 bits per heavy atom. The molecule has 1 aliphatic rings. The highest BCUT2D eigenvalue weighted by molar-refractivity contribution is 5.90. The molecule has 152 valence electrons. The normalized spacial score (nSPS) is 15.1. The van der Waals surface area contributed by atoms with E-state index in [0.29, 0.717) is 66.3 Å². The van der Waals surface area contributed by atoms with Crippen molar-refractivity contribution in [2.45, 2.75) is 13.3 Å². The highest BCUT2D eigenvalue weighted by Crippen LogP contribution is 2.33. The first-order valence-corrected chi connectivity index (χ1v) is 9.27. The van der Waals surface area contributed by atoms with Crippen molar-refractivity contribution in [1.29, 1.82) is 0 Å². The lowest BCUT2D eigenvalue weighted by Gasteiger charge is -2.34. The number of hydrogen-bond acceptors (Lipinski definition) is 7. The maximum atomic E-state index is 12.8. The van der Waals surface area contributed by atoms with Crippen LogP contribution in [0.1, 0.15) is 11.1 Å². The molecule has 0 spiro atoms. The number of amides is 1. The van der Waals surface area contributed by atoms with Gasteiger partial charge in [-0.3, -0.25) is 9.69 Å². The molecule has 28 heavy (non-hydrogen) atoms. The molecule has 1 aliphatic heterocycles. The van der Waals surface area contributed by atoms with Crippen molar-refractivity contribution in [3.05, 3.63) is 33.7 Å². The zero-order chi connectivity index (χ0) is 20.3. The van der Waals surface area contributed by atoms with Gasteiger partial charge < -0.3 is 23.9 Å². The molecule has 1 N–H and O–H groups in total. The quantitative estimate of drug-likeness (QED) is 0.729. The van der Waals surface area contributed by atoms with E-state index in [9.17, 15) is 9.59 Å². The molecular weight excluding hydrogens is 364 g/mol. The molecule has 0 unspecified atom stereocenters. The van der Waals surface area contributed by atoms with E-state index in [1.807, 2.05) is 0 Å². The summed E-state index contributed by atoms with van der Waals surface area (Å²) in [6.45, 7) is 5.11. The molecule has 1 saturated heterocycles. The number of carbonyl (C=O) groups is 1. The van der Waals surface area contributed by atoms with E-state index in [2.05, 4.69) is 4.90 Å². The molecule has 0 bridgehead atoms. The molecule has 0 radical (unpaired) electrons. The van der Waals surface area contributed by atoms with Crippen molar-refractivity contribution in [3.8, 4) is 11.5 Å². The van der Waals surface area contributed by atoms with E-state index in [1.165, 1.54) is 14.2 Å². The Labute approximate surface area is 163 Å². The van der Waals surface area contributed by atoms with Gasteiger partial charge in [-0.25, -0.2) is 4.79 Å². The van der Waals surface area contributed by atoms with Crippen molar-refractivity contribution in [3.63, 3.8) is 0 Å². The van der Waals surface area contributed by atoms with Crippen molar-refractivity contribution < 1.29 is 23.8 Å². The van der Waals surface area contributed by atoms with Crippen LogP contribution in [0.5, 0.6) is 11.5 Å². The first kappa shape index (κ1) is 20.2. The van der Waals surface area contributed by atoms with Crippen LogP contribution in [-0.2, 0) is 11.2 Å². The molecule has 0 atom stereocenters. The zero-order valence-electron chi connectivity index (χ0n) is 16.5. The van der Waals surface area contributed by atoms with Gasteiger partial charge in [-0.15, -0.1) is 0 Å². The second kappa shape index (κ2) is 8.62. The first-order valence-electron chi connectivity index (χ1n) is 9.27. The fourth-order valence-corrected chi connectivity index (χ4v) is 3.59. The summed E-state index contributed by atoms with van der Waals surface area (Å²) in [5.41, 5.74) is 0.872. The lowest BCUT2D eigenvalue weighted by atomic mass is 10.0. The lowest BCUT2D eigenvalue weighted by Crippen LogP contribution is -2.49. The predicted molar refractivity (Wildman–Crippen MR) is 104 cm³/mol. The van der Waals surface area contributed by atoms with Gasteiger partial charge in [0, 0.05) is 44.9 Å². The number of carbonyl (C=O) groups excluding carboxylic acids is 1. The predicted octanol–water partition coefficient (Wildman–Crippen LogP) is 0.798. The molecule has 1 aromatic heterocycles. The Hall–Kier alpha value is -2.58. The number of nitrogens with zero attached hydrogens (tertiary/aromatic N) is 2. The van der Waals surface area contributed by atoms with E-state index in [-0.39, 0.29) is 18.9 Å². The average molecular weight is 390 g/mol. The Kier molecular flexibility index (Phi) is 6.21. The van der Waals surface area contributed by atoms with Crippen LogP contribution in [0.2, 0.25) is 0 Å². The van der Waals surface area contributed by atoms with Crippen LogP contribution < -0.4 is 15.1 Å². The Balaban J connectivity index is 1.87. The molecule has 3 rings (SSSR count). The van der Waals surface area contributed by atoms with Gasteiger partial charge in [-0.05, 0) is 12.5 Å². The lowest BCUT2D eigenvalue weighted by molar-refractivity contribution is -0.132. The van der Waals surface area contributed by atoms with Crippen molar-refractivity contribution >= 4 is 16.9 Å². The Bertz CT molecular complexity index is 915. The molecule has 1 aromatic carbocycles. The van der Waals surface area contributed by atoms with Gasteiger partial charge in [0.05, 0.1) is 38.2 Å². The summed E-state index contributed by atoms with van der Waals surface area (Å²) in [4.78, 5) is 29.2. The molecule has 8 heteroatoms. The molecule has 8 nitrogen and oxygen atoms in total. The summed E-state index contributed by atoms with van der Waals surface area (Å²) in [6.07, 6.45) is -0.0146. The van der Waals surface area contributed by atoms with Crippen LogP contribution in [0.15, 0.2) is 21.3 Å². The number of β-amino-alcohol motifs (C(OH)–C–C–N with tert-alkyl or cyclic N) is 1. The second-order valence-corrected chi connectivity index (χ2v) is 6.82. The summed E-state index contributed by atoms with van der Waals surface area (Å²) >= 11 is 0. The van der Waals surface area contributed by atoms with Crippen LogP contribution in [0.3, 0.4) is 0 Å². The third kappa shape index (κ3) is 3.98. The van der Waals surface area contributed by atoms with Crippen molar-refractivity contribution in [1.82, 2.24) is 9.80 Å². The third-order valence-electron chi connectivity index (χ3n) is 5.24. The molecule has 0 aliphatic carbocycles. The molecule has 2 heterocycles. The summed E-state index contributed by atoms with van der Waals surface area (Å²) in [5, 5.41) is 9.69. The number of fused-ring (bicyclic) bond motifs is 1. The Morgan fingerprint density at radius 3 is 2.50 bits per heavy atom. The number of rotatable bonds is 6. The fraction of sp³-hybridized carbons (Fsp3) is 0.500. The molecule has 0 saturated carbocycles. The van der Waals surface area contributed by atoms with Gasteiger partial charge in [-0.1, -0.05) is 0 Å². The number of aliphatic hydroxyl groups is 1. The van der Waals surface area contributed by atoms with E-state index < -0.39 is 5.63 Å². The van der Waals surface area contributed by atoms with Crippen LogP contribution in [0.25, 0.3) is 11.0 Å². The average Bonchev–Trinajstić information content (AvgIpc) is 2.70. The summed E-state index contributed by atoms with van der Waals surface area (Å²) < 4.78 is 16.1. The summed E-state index contributed by atoms with van der Waals surface area (Å²) in [7, 11) is 3.06. The number of methoxy groups -OCH3 is 2. The highest BCUT2D eigenvalue weighted by Gasteiger charge is 2.24. The number of benzene rings is 1. The SMILES string of the molecule is COc1cc(OC)c2c(C)c(CC(=O)N3CCN(CCO)CC3)c(=O)oc2c1. The second-order valence-electron chi connectivity index (χ2n) is 6.82. The minimum atomic E-state index is -0.521. The van der Waals surface area contributed by atoms with Gasteiger partial charge in [-0.2, -0.15) is 0 Å². The van der Waals surface area contributed by atoms with Gasteiger partial charge >= 0.3 is 5.63 Å². The van der Waals surface area contributed by atoms with Gasteiger partial charge in [0.1, 0.15) is 17.1 Å². The van der Waals surface area contributed by atoms with Crippen molar-refractivity contribution in [2.24, 2.45) is 0 Å². The van der Waals surface area contributed by atoms with E-state index >= 15 is 0 Å². The largest absolute Gasteiger partial charge is 0.496 e. The molecule has 1 amide bonds. The number of aliphatic hydroxyl groups excluding tert-OH is 1. The first-order chi connectivity index (χ1) is 13.5. The van der Waals surface area contributed by atoms with E-state index in [1.54, 1.807) is 24.0 Å². The maximum absolute atomic E-state index is 12.8. The number of ether oxygens (including phenoxy) is 2. The fourth-order valence-electron chi connectivity index (χ4n) is 3.59. The van der Waals surface area contributed by atoms with Crippen LogP contribution in [0, 0.1) is 6.92 Å². The maximum Gasteiger partial charge on any atom is 0.340 e. The minimum Gasteiger partial charge on any atom is -0.496 e. The topological polar surface area (TPSA) is 92.5 Å². The standard InChI is InChI=1S/C20H26N2O6/c1-13-15(12-18(24)22-6-4-21(5-7-22)8-9-23)20(25)28-17-11-14(26-2)10-16(27-3)19(13)17/h10-11,23H,4-9,12H2,1-3H3. The smallest absolute Gasteiger partial charge is 0.340 e. The highest BCUT2D eigenvalue weighted by atomic mass is 16.5. The third-order valence-corrected chi connectivity index (χ3v) is 5.24. The molecular formula is C20H26N2O6. The van der Waals surface area contributed by atoms with Gasteiger partial charge in [0.15, 0.2) is 0 Å². The van der Waals surface area contributed by atoms with Gasteiger partial charge in [0.2, 0.25) is 5.91 Å². The summed E-state index contributed by atoms with van der Waals surface area (Å²) in [5.74, 6) is 0.948. The number of aryl methyl sites for hydroxylation is 1. The van der Waals surface area contributed by atoms with E-state index in [0.717, 1.165) is 0 Å². The number of hydrogen-bond donors (Lipinski definition) is 1. The molecule has 2 aromatic rings. The monoisotopic (exact) mass is 390 g/mol. The van der Waals surface area contributed by atoms with E-state index in [4.69, 9.17) is 19.0 Å². The molecule has 1 fully saturated rings. The Morgan fingerprint density at radius 1 is 1.18 bits per heavy atom. The van der Waals surface area contributed by atoms with Crippen LogP contribution in [0.4, 0.5) is 0 Å². The summed E-state index contributed by atoms with van der Waals surface area (Å²) in [6, 6.07) is 3.36. The van der Waals surface area contributed by atoms with Crippen LogP contribution >= 0.6 is 0 Å². The van der Waals surface area contributed by atoms with Crippen LogP contribution in [-0.4, -0.2) is 74.4 Å².